The Morgan fingerprint density at radius 3 is 1.64 bits per heavy atom. The Morgan fingerprint density at radius 1 is 0.955 bits per heavy atom. The number of aliphatic hydroxyl groups is 1. The van der Waals surface area contributed by atoms with Gasteiger partial charge in [-0.05, 0) is 11.8 Å². The molecule has 0 heterocycles. The van der Waals surface area contributed by atoms with Crippen LogP contribution in [0, 0.1) is 11.8 Å². The summed E-state index contributed by atoms with van der Waals surface area (Å²) in [6, 6.07) is 0. The van der Waals surface area contributed by atoms with Gasteiger partial charge in [-0.15, -0.1) is 0 Å². The van der Waals surface area contributed by atoms with Crippen molar-refractivity contribution in [3.8, 4) is 0 Å². The molecule has 1 aliphatic rings. The van der Waals surface area contributed by atoms with Crippen molar-refractivity contribution >= 4 is 15.2 Å². The molecule has 124 valence electrons. The fourth-order valence-corrected chi connectivity index (χ4v) is 5.28. The van der Waals surface area contributed by atoms with Crippen LogP contribution in [0.15, 0.2) is 0 Å². The summed E-state index contributed by atoms with van der Waals surface area (Å²) >= 11 is 0. The van der Waals surface area contributed by atoms with Gasteiger partial charge in [-0.3, -0.25) is 9.13 Å². The summed E-state index contributed by atoms with van der Waals surface area (Å²) in [7, 11) is -10.6. The summed E-state index contributed by atoms with van der Waals surface area (Å²) in [6.07, 6.45) is 4.62. The Kier molecular flexibility index (Phi) is 12.5. The van der Waals surface area contributed by atoms with E-state index in [1.54, 1.807) is 0 Å². The second-order valence-electron chi connectivity index (χ2n) is 5.74. The van der Waals surface area contributed by atoms with Crippen LogP contribution in [0.3, 0.4) is 0 Å². The molecule has 5 N–H and O–H groups in total. The standard InChI is InChI=1S/C11H24O7P2.2Na.2H/c1-2-3-9-4-6-10(7-5-9)8-11(12,19(13,14)15)20(16,17)18;;;;/h9-10,12H,2-8H2,1H3,(H2,13,14,15)(H2,16,17,18);;;;/q;2*+1;2*-1. The number of hydrogen-bond acceptors (Lipinski definition) is 3. The van der Waals surface area contributed by atoms with Gasteiger partial charge in [0.1, 0.15) is 0 Å². The quantitative estimate of drug-likeness (QED) is 0.236. The van der Waals surface area contributed by atoms with E-state index >= 15 is 0 Å². The van der Waals surface area contributed by atoms with Gasteiger partial charge in [0, 0.05) is 6.42 Å². The van der Waals surface area contributed by atoms with E-state index in [0.717, 1.165) is 25.7 Å². The van der Waals surface area contributed by atoms with Crippen molar-refractivity contribution in [1.82, 2.24) is 0 Å². The first-order valence-corrected chi connectivity index (χ1v) is 10.1. The number of rotatable bonds is 6. The SMILES string of the molecule is CCCC1CCC(CC(O)(P(=O)(O)O)P(=O)(O)O)CC1.[H-].[H-].[Na+].[Na+]. The van der Waals surface area contributed by atoms with E-state index in [4.69, 9.17) is 19.6 Å². The Morgan fingerprint density at radius 2 is 1.32 bits per heavy atom. The molecule has 0 aliphatic heterocycles. The first kappa shape index (κ1) is 26.5. The molecule has 7 nitrogen and oxygen atoms in total. The fourth-order valence-electron chi connectivity index (χ4n) is 2.93. The summed E-state index contributed by atoms with van der Waals surface area (Å²) in [6.45, 7) is 2.09. The van der Waals surface area contributed by atoms with Crippen LogP contribution >= 0.6 is 15.2 Å². The average molecular weight is 378 g/mol. The summed E-state index contributed by atoms with van der Waals surface area (Å²) < 4.78 is 22.6. The van der Waals surface area contributed by atoms with Gasteiger partial charge in [0.25, 0.3) is 5.08 Å². The number of hydrogen-bond donors (Lipinski definition) is 5. The molecule has 0 saturated heterocycles. The van der Waals surface area contributed by atoms with E-state index < -0.39 is 26.7 Å². The summed E-state index contributed by atoms with van der Waals surface area (Å²) in [4.78, 5) is 36.4. The second kappa shape index (κ2) is 10.4. The molecular formula is C11H26Na2O7P2. The molecule has 1 aliphatic carbocycles. The summed E-state index contributed by atoms with van der Waals surface area (Å²) in [5.74, 6) is 0.294. The topological polar surface area (TPSA) is 135 Å². The first-order chi connectivity index (χ1) is 9.01. The predicted octanol–water partition coefficient (Wildman–Crippen LogP) is -3.78. The van der Waals surface area contributed by atoms with Gasteiger partial charge in [-0.2, -0.15) is 0 Å². The summed E-state index contributed by atoms with van der Waals surface area (Å²) in [5.41, 5.74) is 0. The van der Waals surface area contributed by atoms with E-state index in [-0.39, 0.29) is 67.9 Å². The Labute approximate surface area is 178 Å². The molecule has 0 unspecified atom stereocenters. The Bertz CT molecular complexity index is 403. The maximum Gasteiger partial charge on any atom is 1.00 e. The smallest absolute Gasteiger partial charge is 1.00 e. The maximum absolute atomic E-state index is 11.3. The third-order valence-electron chi connectivity index (χ3n) is 4.16. The van der Waals surface area contributed by atoms with Crippen LogP contribution in [0.25, 0.3) is 0 Å². The van der Waals surface area contributed by atoms with Crippen LogP contribution in [-0.2, 0) is 9.13 Å². The van der Waals surface area contributed by atoms with E-state index in [0.29, 0.717) is 18.8 Å². The molecule has 0 aromatic heterocycles. The van der Waals surface area contributed by atoms with Crippen LogP contribution < -0.4 is 59.1 Å². The zero-order valence-electron chi connectivity index (χ0n) is 15.6. The van der Waals surface area contributed by atoms with E-state index in [1.807, 2.05) is 0 Å². The fraction of sp³-hybridized carbons (Fsp3) is 1.00. The molecule has 1 fully saturated rings. The van der Waals surface area contributed by atoms with Crippen molar-refractivity contribution in [2.45, 2.75) is 57.0 Å². The van der Waals surface area contributed by atoms with Crippen molar-refractivity contribution in [3.63, 3.8) is 0 Å². The van der Waals surface area contributed by atoms with Gasteiger partial charge in [0.15, 0.2) is 0 Å². The minimum Gasteiger partial charge on any atom is -1.00 e. The van der Waals surface area contributed by atoms with Crippen molar-refractivity contribution < 1.29 is 95.8 Å². The third kappa shape index (κ3) is 6.87. The van der Waals surface area contributed by atoms with Gasteiger partial charge in [0.05, 0.1) is 0 Å². The normalized spacial score (nSPS) is 23.4. The molecular weight excluding hydrogens is 352 g/mol. The van der Waals surface area contributed by atoms with Crippen LogP contribution in [0.4, 0.5) is 0 Å². The average Bonchev–Trinajstić information content (AvgIpc) is 2.29. The van der Waals surface area contributed by atoms with Crippen LogP contribution in [0.5, 0.6) is 0 Å². The summed E-state index contributed by atoms with van der Waals surface area (Å²) in [5, 5.41) is 6.63. The maximum atomic E-state index is 11.3. The van der Waals surface area contributed by atoms with Crippen molar-refractivity contribution in [2.24, 2.45) is 11.8 Å². The molecule has 0 aromatic rings. The van der Waals surface area contributed by atoms with Gasteiger partial charge in [-0.25, -0.2) is 0 Å². The monoisotopic (exact) mass is 378 g/mol. The Hall–Kier alpha value is 2.26. The molecule has 1 rings (SSSR count). The molecule has 0 spiro atoms. The third-order valence-corrected chi connectivity index (χ3v) is 7.95. The molecule has 22 heavy (non-hydrogen) atoms. The molecule has 1 saturated carbocycles. The minimum atomic E-state index is -5.31. The van der Waals surface area contributed by atoms with Gasteiger partial charge < -0.3 is 27.5 Å². The van der Waals surface area contributed by atoms with Gasteiger partial charge >= 0.3 is 74.3 Å². The molecule has 0 atom stereocenters. The predicted molar refractivity (Wildman–Crippen MR) is 76.2 cm³/mol. The van der Waals surface area contributed by atoms with Crippen molar-refractivity contribution in [2.75, 3.05) is 0 Å². The zero-order chi connectivity index (χ0) is 15.6. The largest absolute Gasteiger partial charge is 1.00 e. The molecule has 0 bridgehead atoms. The van der Waals surface area contributed by atoms with Gasteiger partial charge in [-0.1, -0.05) is 45.4 Å². The van der Waals surface area contributed by atoms with Crippen LogP contribution in [0.2, 0.25) is 0 Å². The van der Waals surface area contributed by atoms with E-state index in [1.165, 1.54) is 0 Å². The molecule has 0 radical (unpaired) electrons. The van der Waals surface area contributed by atoms with Crippen LogP contribution in [-0.4, -0.2) is 29.8 Å². The first-order valence-electron chi connectivity index (χ1n) is 6.85. The second-order valence-corrected chi connectivity index (χ2v) is 9.75. The van der Waals surface area contributed by atoms with Crippen molar-refractivity contribution in [1.29, 1.82) is 0 Å². The van der Waals surface area contributed by atoms with E-state index in [9.17, 15) is 14.2 Å². The van der Waals surface area contributed by atoms with Crippen molar-refractivity contribution in [3.05, 3.63) is 0 Å². The molecule has 0 aromatic carbocycles. The van der Waals surface area contributed by atoms with Crippen LogP contribution in [0.1, 0.15) is 54.7 Å². The molecule has 11 heteroatoms. The van der Waals surface area contributed by atoms with Gasteiger partial charge in [0.2, 0.25) is 0 Å². The minimum absolute atomic E-state index is 0. The van der Waals surface area contributed by atoms with E-state index in [2.05, 4.69) is 6.92 Å². The Balaban J connectivity index is -0.000000500. The molecule has 0 amide bonds. The zero-order valence-corrected chi connectivity index (χ0v) is 19.3.